The van der Waals surface area contributed by atoms with Crippen molar-refractivity contribution in [2.45, 2.75) is 39.2 Å². The van der Waals surface area contributed by atoms with Crippen LogP contribution in [0.4, 0.5) is 10.5 Å². The predicted octanol–water partition coefficient (Wildman–Crippen LogP) is 2.51. The Morgan fingerprint density at radius 1 is 1.08 bits per heavy atom. The van der Waals surface area contributed by atoms with Crippen LogP contribution in [0.3, 0.4) is 0 Å². The second kappa shape index (κ2) is 7.66. The highest BCUT2D eigenvalue weighted by Crippen LogP contribution is 2.25. The number of carbonyl (C=O) groups excluding carboxylic acids is 2. The maximum atomic E-state index is 12.8. The summed E-state index contributed by atoms with van der Waals surface area (Å²) in [6, 6.07) is 10.1. The summed E-state index contributed by atoms with van der Waals surface area (Å²) in [6.07, 6.45) is 1.61. The fraction of sp³-hybridized carbons (Fsp3) is 0.600. The Morgan fingerprint density at radius 2 is 1.73 bits per heavy atom. The molecule has 3 rings (SSSR count). The quantitative estimate of drug-likeness (QED) is 0.794. The summed E-state index contributed by atoms with van der Waals surface area (Å²) in [5.41, 5.74) is 0.469. The van der Waals surface area contributed by atoms with Crippen LogP contribution >= 0.6 is 0 Å². The van der Waals surface area contributed by atoms with E-state index in [9.17, 15) is 9.59 Å². The highest BCUT2D eigenvalue weighted by atomic mass is 16.2. The van der Waals surface area contributed by atoms with Gasteiger partial charge in [-0.3, -0.25) is 9.69 Å². The number of benzene rings is 1. The average molecular weight is 358 g/mol. The van der Waals surface area contributed by atoms with Gasteiger partial charge in [0.1, 0.15) is 5.54 Å². The zero-order valence-corrected chi connectivity index (χ0v) is 16.1. The van der Waals surface area contributed by atoms with Gasteiger partial charge in [-0.05, 0) is 37.8 Å². The minimum absolute atomic E-state index is 0.0892. The number of imide groups is 1. The summed E-state index contributed by atoms with van der Waals surface area (Å²) in [5.74, 6) is 0.422. The van der Waals surface area contributed by atoms with Gasteiger partial charge in [0.15, 0.2) is 0 Å². The van der Waals surface area contributed by atoms with Gasteiger partial charge >= 0.3 is 6.03 Å². The summed E-state index contributed by atoms with van der Waals surface area (Å²) in [5, 5.41) is 2.91. The van der Waals surface area contributed by atoms with E-state index in [4.69, 9.17) is 0 Å². The highest BCUT2D eigenvalue weighted by Gasteiger charge is 2.47. The third-order valence-electron chi connectivity index (χ3n) is 5.40. The van der Waals surface area contributed by atoms with E-state index in [1.807, 2.05) is 25.1 Å². The molecule has 3 amide bonds. The van der Waals surface area contributed by atoms with E-state index in [1.165, 1.54) is 10.6 Å². The second-order valence-corrected chi connectivity index (χ2v) is 8.01. The molecular formula is C20H30N4O2. The third kappa shape index (κ3) is 4.01. The third-order valence-corrected chi connectivity index (χ3v) is 5.40. The molecule has 6 heteroatoms. The molecule has 1 atom stereocenters. The Labute approximate surface area is 156 Å². The van der Waals surface area contributed by atoms with E-state index in [0.29, 0.717) is 19.0 Å². The predicted molar refractivity (Wildman–Crippen MR) is 103 cm³/mol. The Balaban J connectivity index is 1.55. The lowest BCUT2D eigenvalue weighted by molar-refractivity contribution is -0.132. The van der Waals surface area contributed by atoms with Crippen LogP contribution in [0.2, 0.25) is 0 Å². The highest BCUT2D eigenvalue weighted by molar-refractivity contribution is 6.06. The van der Waals surface area contributed by atoms with Crippen molar-refractivity contribution in [3.8, 4) is 0 Å². The van der Waals surface area contributed by atoms with Crippen molar-refractivity contribution >= 4 is 17.6 Å². The molecule has 142 valence electrons. The first-order valence-corrected chi connectivity index (χ1v) is 9.55. The fourth-order valence-corrected chi connectivity index (χ4v) is 3.61. The van der Waals surface area contributed by atoms with Crippen LogP contribution in [0.25, 0.3) is 0 Å². The number of amides is 3. The zero-order chi connectivity index (χ0) is 18.7. The van der Waals surface area contributed by atoms with Crippen LogP contribution in [0.1, 0.15) is 33.6 Å². The number of rotatable bonds is 6. The lowest BCUT2D eigenvalue weighted by atomic mass is 9.92. The van der Waals surface area contributed by atoms with Crippen LogP contribution in [0, 0.1) is 5.92 Å². The van der Waals surface area contributed by atoms with Crippen molar-refractivity contribution in [2.75, 3.05) is 37.7 Å². The molecule has 2 saturated heterocycles. The molecule has 2 aliphatic heterocycles. The Kier molecular flexibility index (Phi) is 5.51. The second-order valence-electron chi connectivity index (χ2n) is 8.01. The first-order valence-electron chi connectivity index (χ1n) is 9.55. The number of hydrogen-bond acceptors (Lipinski definition) is 4. The van der Waals surface area contributed by atoms with Gasteiger partial charge in [0, 0.05) is 31.9 Å². The molecule has 6 nitrogen and oxygen atoms in total. The normalized spacial score (nSPS) is 24.5. The number of urea groups is 1. The molecule has 0 unspecified atom stereocenters. The van der Waals surface area contributed by atoms with Gasteiger partial charge in [-0.25, -0.2) is 9.69 Å². The minimum atomic E-state index is -0.757. The topological polar surface area (TPSA) is 55.9 Å². The van der Waals surface area contributed by atoms with Crippen LogP contribution in [-0.2, 0) is 4.79 Å². The zero-order valence-electron chi connectivity index (χ0n) is 16.1. The number of nitrogens with zero attached hydrogens (tertiary/aromatic N) is 3. The number of hydrogen-bond donors (Lipinski definition) is 1. The van der Waals surface area contributed by atoms with Crippen LogP contribution in [0.5, 0.6) is 0 Å². The lowest BCUT2D eigenvalue weighted by Gasteiger charge is -2.37. The van der Waals surface area contributed by atoms with Gasteiger partial charge in [-0.15, -0.1) is 0 Å². The Bertz CT molecular complexity index is 640. The average Bonchev–Trinajstić information content (AvgIpc) is 2.85. The van der Waals surface area contributed by atoms with Crippen LogP contribution in [-0.4, -0.2) is 60.1 Å². The van der Waals surface area contributed by atoms with Gasteiger partial charge in [0.25, 0.3) is 5.91 Å². The van der Waals surface area contributed by atoms with E-state index in [-0.39, 0.29) is 11.9 Å². The molecule has 0 spiro atoms. The van der Waals surface area contributed by atoms with Crippen molar-refractivity contribution in [3.05, 3.63) is 30.3 Å². The van der Waals surface area contributed by atoms with Crippen molar-refractivity contribution in [1.82, 2.24) is 15.1 Å². The van der Waals surface area contributed by atoms with Gasteiger partial charge in [0.2, 0.25) is 0 Å². The first-order chi connectivity index (χ1) is 12.4. The largest absolute Gasteiger partial charge is 0.369 e. The van der Waals surface area contributed by atoms with E-state index >= 15 is 0 Å². The van der Waals surface area contributed by atoms with Crippen molar-refractivity contribution in [1.29, 1.82) is 0 Å². The maximum absolute atomic E-state index is 12.8. The molecule has 2 fully saturated rings. The first kappa shape index (κ1) is 18.7. The number of carbonyl (C=O) groups is 2. The smallest absolute Gasteiger partial charge is 0.326 e. The minimum Gasteiger partial charge on any atom is -0.369 e. The van der Waals surface area contributed by atoms with Crippen molar-refractivity contribution < 1.29 is 9.59 Å². The molecule has 0 aromatic heterocycles. The number of nitrogens with one attached hydrogen (secondary N) is 1. The standard InChI is InChI=1S/C20H30N4O2/c1-16(2)9-10-20(3)18(25)24(19(26)21-20)15-22-11-13-23(14-12-22)17-7-5-4-6-8-17/h4-8,16H,9-15H2,1-3H3,(H,21,26)/t20-/m0/s1. The van der Waals surface area contributed by atoms with Crippen LogP contribution < -0.4 is 10.2 Å². The molecule has 0 saturated carbocycles. The van der Waals surface area contributed by atoms with Crippen LogP contribution in [0.15, 0.2) is 30.3 Å². The van der Waals surface area contributed by atoms with Gasteiger partial charge in [-0.2, -0.15) is 0 Å². The number of para-hydroxylation sites is 1. The van der Waals surface area contributed by atoms with Crippen molar-refractivity contribution in [2.24, 2.45) is 5.92 Å². The van der Waals surface area contributed by atoms with E-state index in [2.05, 4.69) is 41.1 Å². The molecule has 1 aromatic rings. The molecule has 0 aliphatic carbocycles. The van der Waals surface area contributed by atoms with Gasteiger partial charge in [0.05, 0.1) is 6.67 Å². The molecule has 2 aliphatic rings. The number of piperazine rings is 1. The Morgan fingerprint density at radius 3 is 2.35 bits per heavy atom. The fourth-order valence-electron chi connectivity index (χ4n) is 3.61. The van der Waals surface area contributed by atoms with Gasteiger partial charge in [-0.1, -0.05) is 32.0 Å². The summed E-state index contributed by atoms with van der Waals surface area (Å²) >= 11 is 0. The summed E-state index contributed by atoms with van der Waals surface area (Å²) < 4.78 is 0. The van der Waals surface area contributed by atoms with E-state index < -0.39 is 5.54 Å². The molecular weight excluding hydrogens is 328 g/mol. The molecule has 0 bridgehead atoms. The van der Waals surface area contributed by atoms with E-state index in [0.717, 1.165) is 32.6 Å². The SMILES string of the molecule is CC(C)CC[C@]1(C)NC(=O)N(CN2CCN(c3ccccc3)CC2)C1=O. The van der Waals surface area contributed by atoms with Gasteiger partial charge < -0.3 is 10.2 Å². The summed E-state index contributed by atoms with van der Waals surface area (Å²) in [4.78, 5) is 31.1. The number of anilines is 1. The molecule has 2 heterocycles. The maximum Gasteiger partial charge on any atom is 0.326 e. The summed E-state index contributed by atoms with van der Waals surface area (Å²) in [7, 11) is 0. The van der Waals surface area contributed by atoms with E-state index in [1.54, 1.807) is 0 Å². The van der Waals surface area contributed by atoms with Crippen molar-refractivity contribution in [3.63, 3.8) is 0 Å². The molecule has 0 radical (unpaired) electrons. The lowest BCUT2D eigenvalue weighted by Crippen LogP contribution is -2.52. The molecule has 1 aromatic carbocycles. The summed E-state index contributed by atoms with van der Waals surface area (Å²) in [6.45, 7) is 9.98. The Hall–Kier alpha value is -2.08. The molecule has 26 heavy (non-hydrogen) atoms. The molecule has 1 N–H and O–H groups in total. The monoisotopic (exact) mass is 358 g/mol.